The molecule has 13 heavy (non-hydrogen) atoms. The van der Waals surface area contributed by atoms with Crippen LogP contribution in [0.4, 0.5) is 0 Å². The van der Waals surface area contributed by atoms with E-state index in [0.717, 1.165) is 6.42 Å². The van der Waals surface area contributed by atoms with Gasteiger partial charge in [0.2, 0.25) is 10.0 Å². The highest BCUT2D eigenvalue weighted by Crippen LogP contribution is 2.12. The smallest absolute Gasteiger partial charge is 0.213 e. The molecule has 78 valence electrons. The summed E-state index contributed by atoms with van der Waals surface area (Å²) >= 11 is 0. The second-order valence-electron chi connectivity index (χ2n) is 3.16. The summed E-state index contributed by atoms with van der Waals surface area (Å²) in [6.45, 7) is 5.23. The summed E-state index contributed by atoms with van der Waals surface area (Å²) in [5.41, 5.74) is 0. The van der Waals surface area contributed by atoms with E-state index in [-0.39, 0.29) is 11.9 Å². The lowest BCUT2D eigenvalue weighted by Gasteiger charge is -2.31. The Balaban J connectivity index is 2.61. The lowest BCUT2D eigenvalue weighted by atomic mass is 10.2. The molecule has 1 aliphatic rings. The molecule has 4 nitrogen and oxygen atoms in total. The number of hydrogen-bond acceptors (Lipinski definition) is 3. The molecule has 1 atom stereocenters. The van der Waals surface area contributed by atoms with E-state index in [0.29, 0.717) is 19.7 Å². The number of nitrogens with zero attached hydrogens (tertiary/aromatic N) is 1. The Morgan fingerprint density at radius 2 is 2.15 bits per heavy atom. The fourth-order valence-corrected chi connectivity index (χ4v) is 2.49. The number of ether oxygens (including phenoxy) is 1. The van der Waals surface area contributed by atoms with Crippen molar-refractivity contribution in [2.45, 2.75) is 26.4 Å². The summed E-state index contributed by atoms with van der Waals surface area (Å²) in [7, 11) is -3.01. The van der Waals surface area contributed by atoms with Gasteiger partial charge in [-0.25, -0.2) is 8.42 Å². The molecule has 5 heteroatoms. The molecule has 0 N–H and O–H groups in total. The standard InChI is InChI=1S/C8H17NO3S/c1-3-8-7-9(5-6-12-8)13(10,11)4-2/h8H,3-7H2,1-2H3. The quantitative estimate of drug-likeness (QED) is 0.675. The van der Waals surface area contributed by atoms with Crippen LogP contribution < -0.4 is 0 Å². The van der Waals surface area contributed by atoms with Crippen LogP contribution in [0.3, 0.4) is 0 Å². The molecule has 0 aromatic carbocycles. The minimum Gasteiger partial charge on any atom is -0.375 e. The van der Waals surface area contributed by atoms with Crippen LogP contribution in [0, 0.1) is 0 Å². The van der Waals surface area contributed by atoms with E-state index >= 15 is 0 Å². The van der Waals surface area contributed by atoms with E-state index in [9.17, 15) is 8.42 Å². The van der Waals surface area contributed by atoms with Gasteiger partial charge in [0.05, 0.1) is 18.5 Å². The first kappa shape index (κ1) is 10.9. The zero-order valence-electron chi connectivity index (χ0n) is 8.19. The SMILES string of the molecule is CCC1CN(S(=O)(=O)CC)CCO1. The third kappa shape index (κ3) is 2.65. The van der Waals surface area contributed by atoms with Gasteiger partial charge in [0, 0.05) is 13.1 Å². The van der Waals surface area contributed by atoms with Gasteiger partial charge < -0.3 is 4.74 Å². The van der Waals surface area contributed by atoms with Crippen molar-refractivity contribution in [1.29, 1.82) is 0 Å². The van der Waals surface area contributed by atoms with E-state index in [1.807, 2.05) is 6.92 Å². The minimum atomic E-state index is -3.01. The highest BCUT2D eigenvalue weighted by Gasteiger charge is 2.26. The van der Waals surface area contributed by atoms with E-state index in [1.54, 1.807) is 6.92 Å². The normalized spacial score (nSPS) is 26.2. The van der Waals surface area contributed by atoms with Gasteiger partial charge in [-0.3, -0.25) is 0 Å². The Kier molecular flexibility index (Phi) is 3.70. The topological polar surface area (TPSA) is 46.6 Å². The van der Waals surface area contributed by atoms with Crippen molar-refractivity contribution in [3.8, 4) is 0 Å². The average molecular weight is 207 g/mol. The molecule has 0 aromatic rings. The van der Waals surface area contributed by atoms with Crippen LogP contribution in [0.15, 0.2) is 0 Å². The molecule has 1 aliphatic heterocycles. The zero-order chi connectivity index (χ0) is 9.90. The Hall–Kier alpha value is -0.130. The molecule has 1 saturated heterocycles. The van der Waals surface area contributed by atoms with Crippen LogP contribution in [0.5, 0.6) is 0 Å². The first-order valence-corrected chi connectivity index (χ1v) is 6.30. The van der Waals surface area contributed by atoms with Crippen LogP contribution >= 0.6 is 0 Å². The van der Waals surface area contributed by atoms with Crippen molar-refractivity contribution in [2.24, 2.45) is 0 Å². The second kappa shape index (κ2) is 4.39. The van der Waals surface area contributed by atoms with E-state index < -0.39 is 10.0 Å². The van der Waals surface area contributed by atoms with Crippen molar-refractivity contribution in [3.63, 3.8) is 0 Å². The van der Waals surface area contributed by atoms with Crippen molar-refractivity contribution >= 4 is 10.0 Å². The minimum absolute atomic E-state index is 0.0788. The van der Waals surface area contributed by atoms with Crippen molar-refractivity contribution < 1.29 is 13.2 Å². The van der Waals surface area contributed by atoms with Crippen molar-refractivity contribution in [1.82, 2.24) is 4.31 Å². The van der Waals surface area contributed by atoms with Crippen LogP contribution in [-0.2, 0) is 14.8 Å². The molecule has 0 aromatic heterocycles. The van der Waals surface area contributed by atoms with Crippen LogP contribution in [0.1, 0.15) is 20.3 Å². The maximum Gasteiger partial charge on any atom is 0.213 e. The largest absolute Gasteiger partial charge is 0.375 e. The number of rotatable bonds is 3. The van der Waals surface area contributed by atoms with Crippen molar-refractivity contribution in [2.75, 3.05) is 25.4 Å². The van der Waals surface area contributed by atoms with Crippen LogP contribution in [0.25, 0.3) is 0 Å². The van der Waals surface area contributed by atoms with Gasteiger partial charge in [-0.2, -0.15) is 4.31 Å². The molecule has 1 heterocycles. The summed E-state index contributed by atoms with van der Waals surface area (Å²) in [6, 6.07) is 0. The molecular weight excluding hydrogens is 190 g/mol. The van der Waals surface area contributed by atoms with E-state index in [2.05, 4.69) is 0 Å². The molecule has 0 radical (unpaired) electrons. The summed E-state index contributed by atoms with van der Waals surface area (Å²) in [6.07, 6.45) is 0.950. The zero-order valence-corrected chi connectivity index (χ0v) is 9.01. The van der Waals surface area contributed by atoms with Gasteiger partial charge in [0.25, 0.3) is 0 Å². The molecule has 0 aliphatic carbocycles. The Morgan fingerprint density at radius 1 is 1.46 bits per heavy atom. The van der Waals surface area contributed by atoms with Gasteiger partial charge in [0.1, 0.15) is 0 Å². The maximum absolute atomic E-state index is 11.5. The highest BCUT2D eigenvalue weighted by molar-refractivity contribution is 7.89. The summed E-state index contributed by atoms with van der Waals surface area (Å²) in [5, 5.41) is 0. The predicted octanol–water partition coefficient (Wildman–Crippen LogP) is 0.447. The molecular formula is C8H17NO3S. The van der Waals surface area contributed by atoms with Crippen LogP contribution in [-0.4, -0.2) is 44.3 Å². The third-order valence-corrected chi connectivity index (χ3v) is 4.16. The molecule has 0 amide bonds. The molecule has 1 fully saturated rings. The summed E-state index contributed by atoms with van der Waals surface area (Å²) in [5.74, 6) is 0.184. The average Bonchev–Trinajstić information content (AvgIpc) is 2.18. The third-order valence-electron chi connectivity index (χ3n) is 2.32. The maximum atomic E-state index is 11.5. The molecule has 0 spiro atoms. The Bertz CT molecular complexity index is 250. The molecule has 0 saturated carbocycles. The van der Waals surface area contributed by atoms with E-state index in [4.69, 9.17) is 4.74 Å². The Morgan fingerprint density at radius 3 is 2.69 bits per heavy atom. The van der Waals surface area contributed by atoms with Gasteiger partial charge in [-0.1, -0.05) is 6.92 Å². The Labute approximate surface area is 79.9 Å². The second-order valence-corrected chi connectivity index (χ2v) is 5.42. The summed E-state index contributed by atoms with van der Waals surface area (Å²) in [4.78, 5) is 0. The number of hydrogen-bond donors (Lipinski definition) is 0. The van der Waals surface area contributed by atoms with Gasteiger partial charge >= 0.3 is 0 Å². The molecule has 0 bridgehead atoms. The van der Waals surface area contributed by atoms with E-state index in [1.165, 1.54) is 4.31 Å². The van der Waals surface area contributed by atoms with Crippen LogP contribution in [0.2, 0.25) is 0 Å². The number of sulfonamides is 1. The first-order chi connectivity index (χ1) is 6.10. The molecule has 1 rings (SSSR count). The van der Waals surface area contributed by atoms with Gasteiger partial charge in [-0.05, 0) is 13.3 Å². The van der Waals surface area contributed by atoms with Gasteiger partial charge in [-0.15, -0.1) is 0 Å². The monoisotopic (exact) mass is 207 g/mol. The number of morpholine rings is 1. The fourth-order valence-electron chi connectivity index (χ4n) is 1.37. The predicted molar refractivity (Wildman–Crippen MR) is 51.1 cm³/mol. The summed E-state index contributed by atoms with van der Waals surface area (Å²) < 4.78 is 29.9. The lowest BCUT2D eigenvalue weighted by Crippen LogP contribution is -2.45. The fraction of sp³-hybridized carbons (Fsp3) is 1.00. The first-order valence-electron chi connectivity index (χ1n) is 4.69. The molecule has 1 unspecified atom stereocenters. The lowest BCUT2D eigenvalue weighted by molar-refractivity contribution is -0.00272. The van der Waals surface area contributed by atoms with Gasteiger partial charge in [0.15, 0.2) is 0 Å². The highest BCUT2D eigenvalue weighted by atomic mass is 32.2. The van der Waals surface area contributed by atoms with Crippen molar-refractivity contribution in [3.05, 3.63) is 0 Å².